The van der Waals surface area contributed by atoms with Crippen molar-refractivity contribution in [1.82, 2.24) is 9.80 Å². The van der Waals surface area contributed by atoms with Gasteiger partial charge in [0.2, 0.25) is 0 Å². The smallest absolute Gasteiger partial charge is 0.277 e. The highest BCUT2D eigenvalue weighted by Gasteiger charge is 2.43. The first kappa shape index (κ1) is 20.0. The number of amides is 2. The summed E-state index contributed by atoms with van der Waals surface area (Å²) in [6, 6.07) is 3.77. The van der Waals surface area contributed by atoms with Gasteiger partial charge in [0.25, 0.3) is 11.8 Å². The average Bonchev–Trinajstić information content (AvgIpc) is 3.41. The Kier molecular flexibility index (Phi) is 7.01. The molecule has 0 N–H and O–H groups in total. The SMILES string of the molecule is COCCN(CCOC)C1=C(c2cccs2)C(=O)N(CC2CCCO2)C1=O. The molecule has 8 heteroatoms. The van der Waals surface area contributed by atoms with Gasteiger partial charge in [0.15, 0.2) is 0 Å². The van der Waals surface area contributed by atoms with E-state index in [0.717, 1.165) is 17.7 Å². The largest absolute Gasteiger partial charge is 0.383 e. The number of rotatable bonds is 10. The van der Waals surface area contributed by atoms with E-state index in [1.807, 2.05) is 22.4 Å². The fourth-order valence-corrected chi connectivity index (χ4v) is 4.16. The summed E-state index contributed by atoms with van der Waals surface area (Å²) < 4.78 is 16.1. The van der Waals surface area contributed by atoms with E-state index in [-0.39, 0.29) is 17.9 Å². The van der Waals surface area contributed by atoms with Gasteiger partial charge in [-0.25, -0.2) is 0 Å². The molecular weight excluding hydrogens is 368 g/mol. The van der Waals surface area contributed by atoms with Gasteiger partial charge in [0, 0.05) is 38.8 Å². The second kappa shape index (κ2) is 9.45. The lowest BCUT2D eigenvalue weighted by molar-refractivity contribution is -0.139. The number of methoxy groups -OCH3 is 2. The zero-order chi connectivity index (χ0) is 19.2. The summed E-state index contributed by atoms with van der Waals surface area (Å²) in [5.41, 5.74) is 0.912. The Bertz CT molecular complexity index is 674. The fourth-order valence-electron chi connectivity index (χ4n) is 3.40. The quantitative estimate of drug-likeness (QED) is 0.562. The molecule has 3 heterocycles. The molecule has 7 nitrogen and oxygen atoms in total. The Morgan fingerprint density at radius 2 is 1.96 bits per heavy atom. The van der Waals surface area contributed by atoms with Crippen LogP contribution < -0.4 is 0 Å². The molecule has 2 amide bonds. The van der Waals surface area contributed by atoms with Crippen molar-refractivity contribution in [3.8, 4) is 0 Å². The highest BCUT2D eigenvalue weighted by atomic mass is 32.1. The minimum Gasteiger partial charge on any atom is -0.383 e. The van der Waals surface area contributed by atoms with Crippen LogP contribution >= 0.6 is 11.3 Å². The molecule has 1 saturated heterocycles. The summed E-state index contributed by atoms with van der Waals surface area (Å²) in [6.07, 6.45) is 1.76. The normalized spacial score (nSPS) is 20.2. The highest BCUT2D eigenvalue weighted by molar-refractivity contribution is 7.11. The van der Waals surface area contributed by atoms with Gasteiger partial charge in [0.05, 0.1) is 31.4 Å². The third-order valence-electron chi connectivity index (χ3n) is 4.77. The van der Waals surface area contributed by atoms with E-state index in [4.69, 9.17) is 14.2 Å². The summed E-state index contributed by atoms with van der Waals surface area (Å²) in [7, 11) is 3.24. The van der Waals surface area contributed by atoms with Crippen molar-refractivity contribution in [3.05, 3.63) is 28.1 Å². The molecule has 1 aromatic heterocycles. The first-order chi connectivity index (χ1) is 13.2. The van der Waals surface area contributed by atoms with Crippen molar-refractivity contribution in [2.24, 2.45) is 0 Å². The molecule has 0 spiro atoms. The van der Waals surface area contributed by atoms with Crippen molar-refractivity contribution in [1.29, 1.82) is 0 Å². The average molecular weight is 394 g/mol. The van der Waals surface area contributed by atoms with Gasteiger partial charge in [-0.1, -0.05) is 6.07 Å². The van der Waals surface area contributed by atoms with E-state index in [0.29, 0.717) is 50.7 Å². The molecule has 2 aliphatic rings. The number of imide groups is 1. The zero-order valence-corrected chi connectivity index (χ0v) is 16.6. The summed E-state index contributed by atoms with van der Waals surface area (Å²) in [5, 5.41) is 1.91. The lowest BCUT2D eigenvalue weighted by Gasteiger charge is -2.26. The summed E-state index contributed by atoms with van der Waals surface area (Å²) in [5.74, 6) is -0.501. The van der Waals surface area contributed by atoms with Crippen molar-refractivity contribution in [3.63, 3.8) is 0 Å². The lowest BCUT2D eigenvalue weighted by Crippen LogP contribution is -2.41. The van der Waals surface area contributed by atoms with Crippen LogP contribution in [0.4, 0.5) is 0 Å². The molecule has 0 aliphatic carbocycles. The topological polar surface area (TPSA) is 68.3 Å². The van der Waals surface area contributed by atoms with Gasteiger partial charge in [-0.05, 0) is 24.3 Å². The van der Waals surface area contributed by atoms with E-state index < -0.39 is 0 Å². The first-order valence-electron chi connectivity index (χ1n) is 9.16. The van der Waals surface area contributed by atoms with Crippen LogP contribution in [-0.4, -0.2) is 81.4 Å². The third-order valence-corrected chi connectivity index (χ3v) is 5.66. The van der Waals surface area contributed by atoms with Crippen molar-refractivity contribution in [2.45, 2.75) is 18.9 Å². The Morgan fingerprint density at radius 1 is 1.22 bits per heavy atom. The molecule has 2 aliphatic heterocycles. The number of ether oxygens (including phenoxy) is 3. The van der Waals surface area contributed by atoms with E-state index >= 15 is 0 Å². The maximum atomic E-state index is 13.3. The highest BCUT2D eigenvalue weighted by Crippen LogP contribution is 2.34. The maximum absolute atomic E-state index is 13.3. The zero-order valence-electron chi connectivity index (χ0n) is 15.8. The lowest BCUT2D eigenvalue weighted by atomic mass is 10.1. The Hall–Kier alpha value is -1.74. The molecule has 148 valence electrons. The second-order valence-electron chi connectivity index (χ2n) is 6.53. The molecule has 1 atom stereocenters. The minimum absolute atomic E-state index is 0.0757. The molecule has 0 radical (unpaired) electrons. The van der Waals surface area contributed by atoms with Gasteiger partial charge in [-0.3, -0.25) is 14.5 Å². The first-order valence-corrected chi connectivity index (χ1v) is 10.0. The third kappa shape index (κ3) is 4.40. The van der Waals surface area contributed by atoms with Crippen LogP contribution in [0.15, 0.2) is 23.2 Å². The molecule has 1 aromatic rings. The molecule has 1 fully saturated rings. The van der Waals surface area contributed by atoms with Crippen molar-refractivity contribution in [2.75, 3.05) is 53.7 Å². The Balaban J connectivity index is 1.92. The molecule has 1 unspecified atom stereocenters. The van der Waals surface area contributed by atoms with E-state index in [1.54, 1.807) is 14.2 Å². The van der Waals surface area contributed by atoms with Crippen molar-refractivity contribution < 1.29 is 23.8 Å². The molecular formula is C19H26N2O5S. The minimum atomic E-state index is -0.258. The summed E-state index contributed by atoms with van der Waals surface area (Å²) >= 11 is 1.46. The second-order valence-corrected chi connectivity index (χ2v) is 7.48. The van der Waals surface area contributed by atoms with Crippen LogP contribution in [0.3, 0.4) is 0 Å². The molecule has 0 bridgehead atoms. The van der Waals surface area contributed by atoms with Crippen LogP contribution in [0.2, 0.25) is 0 Å². The number of hydrogen-bond acceptors (Lipinski definition) is 7. The monoisotopic (exact) mass is 394 g/mol. The van der Waals surface area contributed by atoms with Gasteiger partial charge < -0.3 is 19.1 Å². The Labute approximate surface area is 163 Å². The molecule has 3 rings (SSSR count). The van der Waals surface area contributed by atoms with Gasteiger partial charge >= 0.3 is 0 Å². The van der Waals surface area contributed by atoms with E-state index in [2.05, 4.69) is 0 Å². The van der Waals surface area contributed by atoms with Gasteiger partial charge in [-0.2, -0.15) is 0 Å². The predicted molar refractivity (Wildman–Crippen MR) is 102 cm³/mol. The molecule has 0 aromatic carbocycles. The van der Waals surface area contributed by atoms with Crippen LogP contribution in [0, 0.1) is 0 Å². The van der Waals surface area contributed by atoms with E-state index in [9.17, 15) is 9.59 Å². The van der Waals surface area contributed by atoms with E-state index in [1.165, 1.54) is 16.2 Å². The standard InChI is InChI=1S/C19H26N2O5S/c1-24-10-7-20(8-11-25-2)17-16(15-6-4-12-27-15)18(22)21(19(17)23)13-14-5-3-9-26-14/h4,6,12,14H,3,5,7-11,13H2,1-2H3. The number of nitrogens with zero attached hydrogens (tertiary/aromatic N) is 2. The number of thiophene rings is 1. The maximum Gasteiger partial charge on any atom is 0.277 e. The van der Waals surface area contributed by atoms with Crippen molar-refractivity contribution >= 4 is 28.7 Å². The van der Waals surface area contributed by atoms with Gasteiger partial charge in [0.1, 0.15) is 5.70 Å². The Morgan fingerprint density at radius 3 is 2.52 bits per heavy atom. The van der Waals surface area contributed by atoms with Crippen LogP contribution in [-0.2, 0) is 23.8 Å². The predicted octanol–water partition coefficient (Wildman–Crippen LogP) is 1.60. The number of hydrogen-bond donors (Lipinski definition) is 0. The van der Waals surface area contributed by atoms with Gasteiger partial charge in [-0.15, -0.1) is 11.3 Å². The summed E-state index contributed by atoms with van der Waals surface area (Å²) in [6.45, 7) is 2.93. The molecule has 27 heavy (non-hydrogen) atoms. The fraction of sp³-hybridized carbons (Fsp3) is 0.579. The number of carbonyl (C=O) groups excluding carboxylic acids is 2. The van der Waals surface area contributed by atoms with Crippen LogP contribution in [0.25, 0.3) is 5.57 Å². The summed E-state index contributed by atoms with van der Waals surface area (Å²) in [4.78, 5) is 30.5. The molecule has 0 saturated carbocycles. The van der Waals surface area contributed by atoms with Crippen LogP contribution in [0.5, 0.6) is 0 Å². The number of carbonyl (C=O) groups is 2. The van der Waals surface area contributed by atoms with Crippen LogP contribution in [0.1, 0.15) is 17.7 Å².